The second-order valence-corrected chi connectivity index (χ2v) is 7.93. The molecule has 0 fully saturated rings. The molecule has 0 amide bonds. The summed E-state index contributed by atoms with van der Waals surface area (Å²) in [4.78, 5) is 4.82. The topological polar surface area (TPSA) is 84.9 Å². The summed E-state index contributed by atoms with van der Waals surface area (Å²) in [5.41, 5.74) is 11.2. The number of hydrogen-bond acceptors (Lipinski definition) is 4. The molecule has 0 radical (unpaired) electrons. The lowest BCUT2D eigenvalue weighted by Gasteiger charge is -2.20. The Morgan fingerprint density at radius 1 is 1.12 bits per heavy atom. The molecule has 3 aromatic rings. The van der Waals surface area contributed by atoms with Crippen molar-refractivity contribution in [1.29, 1.82) is 0 Å². The molecule has 1 aliphatic carbocycles. The molecule has 0 atom stereocenters. The molecule has 164 valence electrons. The van der Waals surface area contributed by atoms with Gasteiger partial charge in [-0.15, -0.1) is 0 Å². The second kappa shape index (κ2) is 10.1. The van der Waals surface area contributed by atoms with Gasteiger partial charge in [0.1, 0.15) is 12.4 Å². The number of benzene rings is 2. The van der Waals surface area contributed by atoms with E-state index in [0.717, 1.165) is 53.0 Å². The number of hydrogen-bond donors (Lipinski definition) is 2. The van der Waals surface area contributed by atoms with Gasteiger partial charge in [0.05, 0.1) is 5.70 Å². The number of rotatable bonds is 8. The first-order valence-corrected chi connectivity index (χ1v) is 11.1. The first-order valence-electron chi connectivity index (χ1n) is 11.1. The van der Waals surface area contributed by atoms with Gasteiger partial charge in [0, 0.05) is 28.6 Å². The van der Waals surface area contributed by atoms with Gasteiger partial charge in [-0.1, -0.05) is 72.5 Å². The number of ether oxygens (including phenoxy) is 1. The molecule has 2 aromatic carbocycles. The Bertz CT molecular complexity index is 1120. The fourth-order valence-electron chi connectivity index (χ4n) is 4.12. The van der Waals surface area contributed by atoms with Crippen LogP contribution in [0.3, 0.4) is 0 Å². The Morgan fingerprint density at radius 2 is 1.91 bits per heavy atom. The van der Waals surface area contributed by atoms with Crippen molar-refractivity contribution in [2.24, 2.45) is 16.3 Å². The third-order valence-electron chi connectivity index (χ3n) is 5.83. The number of nitrogens with zero attached hydrogens (tertiary/aromatic N) is 3. The molecule has 0 spiro atoms. The van der Waals surface area contributed by atoms with Gasteiger partial charge in [0.25, 0.3) is 0 Å². The molecule has 1 aromatic heterocycles. The summed E-state index contributed by atoms with van der Waals surface area (Å²) in [5, 5.41) is 6.86. The SMILES string of the molecule is C=C(N/N=N\N)c1ccccc1-c1ccc(COc2cc(CC)nc3c2CCCC3)cc1. The highest BCUT2D eigenvalue weighted by Gasteiger charge is 2.17. The Hall–Kier alpha value is -3.67. The van der Waals surface area contributed by atoms with Crippen molar-refractivity contribution in [3.63, 3.8) is 0 Å². The minimum absolute atomic E-state index is 0.534. The van der Waals surface area contributed by atoms with Crippen molar-refractivity contribution in [1.82, 2.24) is 10.4 Å². The number of nitrogens with two attached hydrogens (primary N) is 1. The quantitative estimate of drug-likeness (QED) is 0.280. The van der Waals surface area contributed by atoms with Gasteiger partial charge < -0.3 is 10.6 Å². The van der Waals surface area contributed by atoms with Crippen LogP contribution in [0.15, 0.2) is 71.6 Å². The monoisotopic (exact) mass is 427 g/mol. The smallest absolute Gasteiger partial charge is 0.126 e. The van der Waals surface area contributed by atoms with Crippen LogP contribution in [0.25, 0.3) is 16.8 Å². The molecule has 1 heterocycles. The lowest BCUT2D eigenvalue weighted by atomic mass is 9.94. The van der Waals surface area contributed by atoms with E-state index in [2.05, 4.69) is 65.8 Å². The Balaban J connectivity index is 1.51. The standard InChI is InChI=1S/C26H29N5O/c1-3-21-16-26(24-10-6-7-11-25(24)28-21)32-17-19-12-14-20(15-13-19)23-9-5-4-8-22(23)18(2)29-31-30-27/h4-5,8-9,12-16H,2-3,6-7,10-11,17H2,1H3,(H2,27,31)(H,29,30). The zero-order valence-electron chi connectivity index (χ0n) is 18.5. The van der Waals surface area contributed by atoms with E-state index in [-0.39, 0.29) is 0 Å². The van der Waals surface area contributed by atoms with Gasteiger partial charge in [0.2, 0.25) is 0 Å². The van der Waals surface area contributed by atoms with Crippen molar-refractivity contribution in [3.8, 4) is 16.9 Å². The zero-order chi connectivity index (χ0) is 22.3. The van der Waals surface area contributed by atoms with E-state index >= 15 is 0 Å². The first-order chi connectivity index (χ1) is 15.7. The normalized spacial score (nSPS) is 13.0. The van der Waals surface area contributed by atoms with Crippen LogP contribution in [0.5, 0.6) is 5.75 Å². The Kier molecular flexibility index (Phi) is 6.80. The number of aromatic nitrogens is 1. The lowest BCUT2D eigenvalue weighted by Crippen LogP contribution is -2.10. The van der Waals surface area contributed by atoms with E-state index in [1.54, 1.807) is 0 Å². The number of fused-ring (bicyclic) bond motifs is 1. The molecule has 4 rings (SSSR count). The Labute approximate surface area is 189 Å². The minimum atomic E-state index is 0.534. The van der Waals surface area contributed by atoms with Crippen LogP contribution in [0, 0.1) is 0 Å². The molecule has 1 aliphatic rings. The maximum Gasteiger partial charge on any atom is 0.126 e. The van der Waals surface area contributed by atoms with E-state index < -0.39 is 0 Å². The van der Waals surface area contributed by atoms with E-state index in [9.17, 15) is 0 Å². The van der Waals surface area contributed by atoms with Crippen molar-refractivity contribution in [2.45, 2.75) is 45.6 Å². The highest BCUT2D eigenvalue weighted by molar-refractivity contribution is 5.79. The molecule has 0 saturated heterocycles. The maximum atomic E-state index is 6.29. The molecule has 0 bridgehead atoms. The molecule has 0 unspecified atom stereocenters. The summed E-state index contributed by atoms with van der Waals surface area (Å²) in [6.45, 7) is 6.71. The summed E-state index contributed by atoms with van der Waals surface area (Å²) in [6.07, 6.45) is 5.45. The van der Waals surface area contributed by atoms with Crippen molar-refractivity contribution in [2.75, 3.05) is 0 Å². The average Bonchev–Trinajstić information content (AvgIpc) is 2.86. The molecular formula is C26H29N5O. The van der Waals surface area contributed by atoms with Crippen LogP contribution in [0.4, 0.5) is 0 Å². The van der Waals surface area contributed by atoms with E-state index in [1.165, 1.54) is 24.1 Å². The molecule has 32 heavy (non-hydrogen) atoms. The van der Waals surface area contributed by atoms with Crippen molar-refractivity contribution in [3.05, 3.63) is 89.3 Å². The van der Waals surface area contributed by atoms with Crippen LogP contribution in [-0.2, 0) is 25.9 Å². The fourth-order valence-corrected chi connectivity index (χ4v) is 4.12. The second-order valence-electron chi connectivity index (χ2n) is 7.93. The van der Waals surface area contributed by atoms with E-state index in [0.29, 0.717) is 12.3 Å². The first kappa shape index (κ1) is 21.6. The lowest BCUT2D eigenvalue weighted by molar-refractivity contribution is 0.300. The number of pyridine rings is 1. The predicted octanol–water partition coefficient (Wildman–Crippen LogP) is 5.57. The van der Waals surface area contributed by atoms with Crippen LogP contribution in [0.2, 0.25) is 0 Å². The van der Waals surface area contributed by atoms with Gasteiger partial charge >= 0.3 is 0 Å². The third-order valence-corrected chi connectivity index (χ3v) is 5.83. The summed E-state index contributed by atoms with van der Waals surface area (Å²) < 4.78 is 6.29. The fraction of sp³-hybridized carbons (Fsp3) is 0.269. The summed E-state index contributed by atoms with van der Waals surface area (Å²) in [5.74, 6) is 6.08. The molecule has 0 aliphatic heterocycles. The van der Waals surface area contributed by atoms with Crippen LogP contribution < -0.4 is 16.0 Å². The zero-order valence-corrected chi connectivity index (χ0v) is 18.5. The molecule has 0 saturated carbocycles. The van der Waals surface area contributed by atoms with Gasteiger partial charge in [-0.25, -0.2) is 0 Å². The highest BCUT2D eigenvalue weighted by atomic mass is 16.5. The van der Waals surface area contributed by atoms with Gasteiger partial charge in [-0.05, 0) is 48.8 Å². The maximum absolute atomic E-state index is 6.29. The predicted molar refractivity (Wildman–Crippen MR) is 128 cm³/mol. The summed E-state index contributed by atoms with van der Waals surface area (Å²) in [6, 6.07) is 18.6. The highest BCUT2D eigenvalue weighted by Crippen LogP contribution is 2.31. The molecule has 6 heteroatoms. The number of aryl methyl sites for hydroxylation is 2. The molecule has 6 nitrogen and oxygen atoms in total. The largest absolute Gasteiger partial charge is 0.488 e. The van der Waals surface area contributed by atoms with E-state index in [1.807, 2.05) is 18.2 Å². The minimum Gasteiger partial charge on any atom is -0.488 e. The molecule has 3 N–H and O–H groups in total. The van der Waals surface area contributed by atoms with Crippen molar-refractivity contribution < 1.29 is 4.74 Å². The van der Waals surface area contributed by atoms with Crippen LogP contribution >= 0.6 is 0 Å². The van der Waals surface area contributed by atoms with Crippen LogP contribution in [-0.4, -0.2) is 4.98 Å². The summed E-state index contributed by atoms with van der Waals surface area (Å²) >= 11 is 0. The summed E-state index contributed by atoms with van der Waals surface area (Å²) in [7, 11) is 0. The van der Waals surface area contributed by atoms with Gasteiger partial charge in [0.15, 0.2) is 0 Å². The van der Waals surface area contributed by atoms with Crippen LogP contribution in [0.1, 0.15) is 47.8 Å². The van der Waals surface area contributed by atoms with Crippen molar-refractivity contribution >= 4 is 5.70 Å². The third kappa shape index (κ3) is 4.80. The average molecular weight is 428 g/mol. The molecular weight excluding hydrogens is 398 g/mol. The van der Waals surface area contributed by atoms with E-state index in [4.69, 9.17) is 15.6 Å². The number of nitrogens with one attached hydrogen (secondary N) is 1. The Morgan fingerprint density at radius 3 is 2.69 bits per heavy atom. The van der Waals surface area contributed by atoms with Gasteiger partial charge in [-0.3, -0.25) is 10.4 Å². The van der Waals surface area contributed by atoms with Gasteiger partial charge in [-0.2, -0.15) is 0 Å².